The zero-order valence-corrected chi connectivity index (χ0v) is 12.4. The van der Waals surface area contributed by atoms with Crippen LogP contribution in [0.5, 0.6) is 6.01 Å². The first-order valence-corrected chi connectivity index (χ1v) is 7.05. The molecule has 0 atom stereocenters. The summed E-state index contributed by atoms with van der Waals surface area (Å²) in [5, 5.41) is 3.18. The van der Waals surface area contributed by atoms with Gasteiger partial charge in [-0.2, -0.15) is 15.0 Å². The number of aromatic nitrogens is 3. The average molecular weight is 267 g/mol. The molecule has 1 aromatic heterocycles. The zero-order valence-electron chi connectivity index (χ0n) is 12.4. The van der Waals surface area contributed by atoms with E-state index in [0.29, 0.717) is 24.5 Å². The number of nitrogens with one attached hydrogen (secondary N) is 1. The van der Waals surface area contributed by atoms with Crippen molar-refractivity contribution in [1.82, 2.24) is 15.0 Å². The van der Waals surface area contributed by atoms with Crippen molar-refractivity contribution in [3.63, 3.8) is 0 Å². The molecule has 0 fully saturated rings. The lowest BCUT2D eigenvalue weighted by atomic mass is 10.4. The van der Waals surface area contributed by atoms with Crippen LogP contribution in [-0.2, 0) is 0 Å². The standard InChI is InChI=1S/C13H25N5O/c1-5-8-14-11-15-12(18(4)9-6-2)17-13(16-11)19-10-7-3/h5-10H2,1-4H3,(H,14,15,16,17). The maximum Gasteiger partial charge on any atom is 0.323 e. The molecule has 1 rings (SSSR count). The molecule has 0 saturated carbocycles. The third kappa shape index (κ3) is 5.28. The normalized spacial score (nSPS) is 10.3. The molecule has 6 heteroatoms. The van der Waals surface area contributed by atoms with Crippen LogP contribution in [0, 0.1) is 0 Å². The number of ether oxygens (including phenoxy) is 1. The van der Waals surface area contributed by atoms with E-state index in [-0.39, 0.29) is 0 Å². The Labute approximate surface area is 115 Å². The molecule has 0 aliphatic heterocycles. The van der Waals surface area contributed by atoms with Gasteiger partial charge < -0.3 is 15.0 Å². The molecule has 0 aliphatic rings. The second-order valence-electron chi connectivity index (χ2n) is 4.44. The van der Waals surface area contributed by atoms with Gasteiger partial charge in [0.25, 0.3) is 0 Å². The summed E-state index contributed by atoms with van der Waals surface area (Å²) in [5.41, 5.74) is 0. The summed E-state index contributed by atoms with van der Waals surface area (Å²) in [6.45, 7) is 8.66. The lowest BCUT2D eigenvalue weighted by Gasteiger charge is -2.17. The molecule has 0 saturated heterocycles. The Bertz CT molecular complexity index is 346. The van der Waals surface area contributed by atoms with Gasteiger partial charge in [-0.1, -0.05) is 20.8 Å². The smallest absolute Gasteiger partial charge is 0.323 e. The van der Waals surface area contributed by atoms with E-state index in [0.717, 1.165) is 32.4 Å². The second kappa shape index (κ2) is 8.50. The lowest BCUT2D eigenvalue weighted by Crippen LogP contribution is -2.22. The molecule has 6 nitrogen and oxygen atoms in total. The van der Waals surface area contributed by atoms with Crippen LogP contribution in [0.25, 0.3) is 0 Å². The van der Waals surface area contributed by atoms with Crippen molar-refractivity contribution in [2.24, 2.45) is 0 Å². The van der Waals surface area contributed by atoms with Crippen molar-refractivity contribution >= 4 is 11.9 Å². The van der Waals surface area contributed by atoms with Crippen LogP contribution < -0.4 is 15.0 Å². The van der Waals surface area contributed by atoms with Gasteiger partial charge in [-0.05, 0) is 19.3 Å². The number of hydrogen-bond acceptors (Lipinski definition) is 6. The first-order valence-electron chi connectivity index (χ1n) is 7.05. The number of anilines is 2. The Hall–Kier alpha value is -1.59. The zero-order chi connectivity index (χ0) is 14.1. The van der Waals surface area contributed by atoms with Crippen molar-refractivity contribution in [3.05, 3.63) is 0 Å². The monoisotopic (exact) mass is 267 g/mol. The SMILES string of the molecule is CCCNc1nc(OCCC)nc(N(C)CCC)n1. The van der Waals surface area contributed by atoms with Gasteiger partial charge in [0.2, 0.25) is 11.9 Å². The molecule has 0 aliphatic carbocycles. The van der Waals surface area contributed by atoms with Gasteiger partial charge in [0.05, 0.1) is 6.61 Å². The first-order chi connectivity index (χ1) is 9.21. The largest absolute Gasteiger partial charge is 0.463 e. The molecule has 19 heavy (non-hydrogen) atoms. The summed E-state index contributed by atoms with van der Waals surface area (Å²) in [4.78, 5) is 15.0. The molecular weight excluding hydrogens is 242 g/mol. The summed E-state index contributed by atoms with van der Waals surface area (Å²) in [7, 11) is 1.98. The summed E-state index contributed by atoms with van der Waals surface area (Å²) in [5.74, 6) is 1.24. The Morgan fingerprint density at radius 3 is 2.47 bits per heavy atom. The molecule has 1 aromatic rings. The molecule has 0 amide bonds. The molecule has 0 aromatic carbocycles. The maximum absolute atomic E-state index is 5.52. The highest BCUT2D eigenvalue weighted by molar-refractivity contribution is 5.37. The van der Waals surface area contributed by atoms with Crippen molar-refractivity contribution in [2.75, 3.05) is 37.0 Å². The van der Waals surface area contributed by atoms with Crippen LogP contribution in [0.2, 0.25) is 0 Å². The van der Waals surface area contributed by atoms with Gasteiger partial charge in [-0.3, -0.25) is 0 Å². The molecular formula is C13H25N5O. The minimum absolute atomic E-state index is 0.397. The van der Waals surface area contributed by atoms with E-state index in [9.17, 15) is 0 Å². The molecule has 0 unspecified atom stereocenters. The second-order valence-corrected chi connectivity index (χ2v) is 4.44. The highest BCUT2D eigenvalue weighted by Crippen LogP contribution is 2.14. The average Bonchev–Trinajstić information content (AvgIpc) is 2.43. The molecule has 0 bridgehead atoms. The molecule has 0 radical (unpaired) electrons. The van der Waals surface area contributed by atoms with Crippen LogP contribution in [0.15, 0.2) is 0 Å². The lowest BCUT2D eigenvalue weighted by molar-refractivity contribution is 0.292. The first kappa shape index (κ1) is 15.5. The minimum Gasteiger partial charge on any atom is -0.463 e. The fourth-order valence-corrected chi connectivity index (χ4v) is 1.53. The Morgan fingerprint density at radius 2 is 1.84 bits per heavy atom. The highest BCUT2D eigenvalue weighted by Gasteiger charge is 2.10. The van der Waals surface area contributed by atoms with Crippen LogP contribution >= 0.6 is 0 Å². The maximum atomic E-state index is 5.52. The van der Waals surface area contributed by atoms with E-state index in [1.54, 1.807) is 0 Å². The van der Waals surface area contributed by atoms with Crippen LogP contribution in [-0.4, -0.2) is 41.7 Å². The molecule has 108 valence electrons. The van der Waals surface area contributed by atoms with Crippen LogP contribution in [0.1, 0.15) is 40.0 Å². The number of rotatable bonds is 9. The van der Waals surface area contributed by atoms with Crippen LogP contribution in [0.3, 0.4) is 0 Å². The molecule has 1 N–H and O–H groups in total. The van der Waals surface area contributed by atoms with Crippen molar-refractivity contribution < 1.29 is 4.74 Å². The van der Waals surface area contributed by atoms with Gasteiger partial charge in [-0.15, -0.1) is 0 Å². The van der Waals surface area contributed by atoms with Gasteiger partial charge in [0.15, 0.2) is 0 Å². The predicted octanol–water partition coefficient (Wildman–Crippen LogP) is 2.33. The van der Waals surface area contributed by atoms with E-state index >= 15 is 0 Å². The third-order valence-corrected chi connectivity index (χ3v) is 2.47. The van der Waals surface area contributed by atoms with Gasteiger partial charge >= 0.3 is 6.01 Å². The van der Waals surface area contributed by atoms with E-state index in [4.69, 9.17) is 4.74 Å². The van der Waals surface area contributed by atoms with Crippen LogP contribution in [0.4, 0.5) is 11.9 Å². The highest BCUT2D eigenvalue weighted by atomic mass is 16.5. The van der Waals surface area contributed by atoms with Gasteiger partial charge in [0.1, 0.15) is 0 Å². The third-order valence-electron chi connectivity index (χ3n) is 2.47. The quantitative estimate of drug-likeness (QED) is 0.741. The van der Waals surface area contributed by atoms with Gasteiger partial charge in [0, 0.05) is 20.1 Å². The summed E-state index contributed by atoms with van der Waals surface area (Å²) in [6, 6.07) is 0.397. The Morgan fingerprint density at radius 1 is 1.05 bits per heavy atom. The van der Waals surface area contributed by atoms with E-state index in [1.165, 1.54) is 0 Å². The van der Waals surface area contributed by atoms with Crippen molar-refractivity contribution in [1.29, 1.82) is 0 Å². The van der Waals surface area contributed by atoms with E-state index in [2.05, 4.69) is 41.0 Å². The fraction of sp³-hybridized carbons (Fsp3) is 0.769. The summed E-state index contributed by atoms with van der Waals surface area (Å²) in [6.07, 6.45) is 3.01. The number of hydrogen-bond donors (Lipinski definition) is 1. The Balaban J connectivity index is 2.87. The molecule has 1 heterocycles. The summed E-state index contributed by atoms with van der Waals surface area (Å²) < 4.78 is 5.52. The topological polar surface area (TPSA) is 63.2 Å². The van der Waals surface area contributed by atoms with E-state index in [1.807, 2.05) is 11.9 Å². The summed E-state index contributed by atoms with van der Waals surface area (Å²) >= 11 is 0. The predicted molar refractivity (Wildman–Crippen MR) is 78.0 cm³/mol. The Kier molecular flexibility index (Phi) is 6.92. The van der Waals surface area contributed by atoms with Gasteiger partial charge in [-0.25, -0.2) is 0 Å². The minimum atomic E-state index is 0.397. The van der Waals surface area contributed by atoms with Crippen molar-refractivity contribution in [2.45, 2.75) is 40.0 Å². The van der Waals surface area contributed by atoms with E-state index < -0.39 is 0 Å². The number of nitrogens with zero attached hydrogens (tertiary/aromatic N) is 4. The fourth-order valence-electron chi connectivity index (χ4n) is 1.53. The molecule has 0 spiro atoms. The van der Waals surface area contributed by atoms with Crippen molar-refractivity contribution in [3.8, 4) is 6.01 Å².